The summed E-state index contributed by atoms with van der Waals surface area (Å²) in [5.41, 5.74) is 3.99. The number of nitro groups is 1. The maximum Gasteiger partial charge on any atom is 0.337 e. The molecule has 148 valence electrons. The van der Waals surface area contributed by atoms with Gasteiger partial charge in [0, 0.05) is 22.5 Å². The number of hydrogen-bond acceptors (Lipinski definition) is 4. The second-order valence-electron chi connectivity index (χ2n) is 6.24. The van der Waals surface area contributed by atoms with Crippen LogP contribution in [-0.4, -0.2) is 29.6 Å². The van der Waals surface area contributed by atoms with Gasteiger partial charge in [0.2, 0.25) is 0 Å². The molecule has 0 unspecified atom stereocenters. The average Bonchev–Trinajstić information content (AvgIpc) is 2.94. The van der Waals surface area contributed by atoms with Gasteiger partial charge in [0.15, 0.2) is 7.05 Å². The number of carbonyl (C=O) groups excluding carboxylic acids is 1. The van der Waals surface area contributed by atoms with E-state index in [4.69, 9.17) is 26.5 Å². The fourth-order valence-electron chi connectivity index (χ4n) is 3.02. The number of aromatic nitrogens is 1. The molecule has 0 saturated carbocycles. The van der Waals surface area contributed by atoms with Crippen molar-refractivity contribution < 1.29 is 14.5 Å². The van der Waals surface area contributed by atoms with Crippen molar-refractivity contribution in [2.75, 3.05) is 14.2 Å². The lowest BCUT2D eigenvalue weighted by atomic mass is 10.1. The topological polar surface area (TPSA) is 74.4 Å². The average molecular weight is 403 g/mol. The van der Waals surface area contributed by atoms with Gasteiger partial charge in [0.25, 0.3) is 0 Å². The number of esters is 1. The smallest absolute Gasteiger partial charge is 0.337 e. The van der Waals surface area contributed by atoms with Gasteiger partial charge >= 0.3 is 5.97 Å². The van der Waals surface area contributed by atoms with E-state index in [1.807, 2.05) is 24.3 Å². The molecule has 0 aliphatic rings. The minimum Gasteiger partial charge on any atom is -0.465 e. The largest absolute Gasteiger partial charge is 0.465 e. The Hall–Kier alpha value is -2.86. The zero-order valence-corrected chi connectivity index (χ0v) is 16.9. The number of para-hydroxylation sites is 1. The molecule has 3 aromatic rings. The van der Waals surface area contributed by atoms with Gasteiger partial charge in [-0.3, -0.25) is 10.1 Å². The summed E-state index contributed by atoms with van der Waals surface area (Å²) in [6.07, 6.45) is 1.98. The summed E-state index contributed by atoms with van der Waals surface area (Å²) in [6, 6.07) is 15.7. The Morgan fingerprint density at radius 2 is 1.79 bits per heavy atom. The van der Waals surface area contributed by atoms with Crippen LogP contribution in [0.4, 0.5) is 0 Å². The third-order valence-corrected chi connectivity index (χ3v) is 4.63. The van der Waals surface area contributed by atoms with Crippen molar-refractivity contribution in [2.24, 2.45) is 0 Å². The summed E-state index contributed by atoms with van der Waals surface area (Å²) in [5.74, 6) is -0.317. The Balaban J connectivity index is 0.000000640. The molecule has 1 aromatic heterocycles. The third kappa shape index (κ3) is 5.10. The second-order valence-corrected chi connectivity index (χ2v) is 6.62. The van der Waals surface area contributed by atoms with Gasteiger partial charge in [0.1, 0.15) is 0 Å². The Bertz CT molecular complexity index is 960. The number of halogens is 1. The lowest BCUT2D eigenvalue weighted by molar-refractivity contribution is -0.445. The van der Waals surface area contributed by atoms with Crippen LogP contribution in [-0.2, 0) is 17.7 Å². The van der Waals surface area contributed by atoms with E-state index in [-0.39, 0.29) is 5.97 Å². The van der Waals surface area contributed by atoms with Crippen LogP contribution in [0.3, 0.4) is 0 Å². The van der Waals surface area contributed by atoms with Gasteiger partial charge in [-0.2, -0.15) is 0 Å². The van der Waals surface area contributed by atoms with Crippen molar-refractivity contribution in [3.63, 3.8) is 0 Å². The highest BCUT2D eigenvalue weighted by molar-refractivity contribution is 6.36. The molecule has 0 bridgehead atoms. The summed E-state index contributed by atoms with van der Waals surface area (Å²) >= 11 is 6.61. The van der Waals surface area contributed by atoms with Crippen LogP contribution in [0.5, 0.6) is 0 Å². The Labute approximate surface area is 168 Å². The molecule has 0 N–H and O–H groups in total. The quantitative estimate of drug-likeness (QED) is 0.343. The molecule has 6 nitrogen and oxygen atoms in total. The van der Waals surface area contributed by atoms with Gasteiger partial charge < -0.3 is 9.30 Å². The van der Waals surface area contributed by atoms with E-state index in [0.717, 1.165) is 53.6 Å². The van der Waals surface area contributed by atoms with Crippen LogP contribution >= 0.6 is 11.6 Å². The molecular weight excluding hydrogens is 380 g/mol. The van der Waals surface area contributed by atoms with E-state index >= 15 is 0 Å². The fourth-order valence-corrected chi connectivity index (χ4v) is 3.38. The predicted octanol–water partition coefficient (Wildman–Crippen LogP) is 4.98. The van der Waals surface area contributed by atoms with E-state index in [0.29, 0.717) is 5.56 Å². The molecule has 0 radical (unpaired) electrons. The van der Waals surface area contributed by atoms with Crippen molar-refractivity contribution in [3.8, 4) is 0 Å². The normalized spacial score (nSPS) is 10.3. The molecule has 28 heavy (non-hydrogen) atoms. The molecule has 0 fully saturated rings. The summed E-state index contributed by atoms with van der Waals surface area (Å²) < 4.78 is 7.02. The van der Waals surface area contributed by atoms with E-state index in [1.165, 1.54) is 7.11 Å². The minimum atomic E-state index is -0.500. The number of rotatable bonds is 5. The maximum atomic E-state index is 11.6. The highest BCUT2D eigenvalue weighted by Gasteiger charge is 2.15. The first kappa shape index (κ1) is 21.4. The van der Waals surface area contributed by atoms with Gasteiger partial charge in [-0.15, -0.1) is 0 Å². The van der Waals surface area contributed by atoms with Crippen molar-refractivity contribution in [2.45, 2.75) is 26.3 Å². The van der Waals surface area contributed by atoms with Crippen molar-refractivity contribution in [1.29, 1.82) is 0 Å². The molecular formula is C21H23ClN2O4. The molecule has 2 aromatic carbocycles. The molecule has 3 rings (SSSR count). The molecule has 0 saturated heterocycles. The number of ether oxygens (including phenoxy) is 1. The monoisotopic (exact) mass is 402 g/mol. The van der Waals surface area contributed by atoms with Gasteiger partial charge in [0.05, 0.1) is 23.2 Å². The molecule has 0 spiro atoms. The molecule has 0 atom stereocenters. The Kier molecular flexibility index (Phi) is 7.58. The number of carbonyl (C=O) groups is 1. The first-order valence-corrected chi connectivity index (χ1v) is 9.27. The van der Waals surface area contributed by atoms with Crippen LogP contribution in [0.1, 0.15) is 35.0 Å². The summed E-state index contributed by atoms with van der Waals surface area (Å²) in [6.45, 7) is 2.88. The standard InChI is InChI=1S/C20H20ClNO2.CH3NO2/c1-3-6-18-19(21)16-7-4-5-8-17(16)22(18)13-14-9-11-15(12-10-14)20(23)24-2;1-2(3)4/h4-5,7-12H,3,6,13H2,1-2H3;1H3. The zero-order valence-electron chi connectivity index (χ0n) is 16.1. The molecule has 0 aliphatic heterocycles. The molecule has 0 amide bonds. The van der Waals surface area contributed by atoms with E-state index < -0.39 is 4.92 Å². The van der Waals surface area contributed by atoms with Crippen molar-refractivity contribution in [1.82, 2.24) is 4.57 Å². The van der Waals surface area contributed by atoms with Crippen LogP contribution in [0.15, 0.2) is 48.5 Å². The first-order chi connectivity index (χ1) is 13.4. The third-order valence-electron chi connectivity index (χ3n) is 4.21. The van der Waals surface area contributed by atoms with Gasteiger partial charge in [-0.05, 0) is 30.2 Å². The van der Waals surface area contributed by atoms with Crippen LogP contribution < -0.4 is 0 Å². The van der Waals surface area contributed by atoms with Gasteiger partial charge in [-0.1, -0.05) is 55.3 Å². The van der Waals surface area contributed by atoms with Crippen molar-refractivity contribution in [3.05, 3.63) is 80.5 Å². The summed E-state index contributed by atoms with van der Waals surface area (Å²) in [5, 5.41) is 10.7. The van der Waals surface area contributed by atoms with E-state index in [9.17, 15) is 4.79 Å². The van der Waals surface area contributed by atoms with E-state index in [2.05, 4.69) is 23.6 Å². The minimum absolute atomic E-state index is 0.317. The predicted molar refractivity (Wildman–Crippen MR) is 111 cm³/mol. The maximum absolute atomic E-state index is 11.6. The Morgan fingerprint density at radius 1 is 1.18 bits per heavy atom. The lowest BCUT2D eigenvalue weighted by Crippen LogP contribution is -2.06. The highest BCUT2D eigenvalue weighted by Crippen LogP contribution is 2.32. The number of nitrogens with zero attached hydrogens (tertiary/aromatic N) is 2. The lowest BCUT2D eigenvalue weighted by Gasteiger charge is -2.11. The van der Waals surface area contributed by atoms with Crippen LogP contribution in [0.2, 0.25) is 5.02 Å². The number of hydrogen-bond donors (Lipinski definition) is 0. The molecule has 7 heteroatoms. The molecule has 0 aliphatic carbocycles. The zero-order chi connectivity index (χ0) is 20.7. The highest BCUT2D eigenvalue weighted by atomic mass is 35.5. The van der Waals surface area contributed by atoms with Crippen molar-refractivity contribution >= 4 is 28.5 Å². The van der Waals surface area contributed by atoms with Crippen LogP contribution in [0, 0.1) is 10.1 Å². The fraction of sp³-hybridized carbons (Fsp3) is 0.286. The van der Waals surface area contributed by atoms with E-state index in [1.54, 1.807) is 12.1 Å². The summed E-state index contributed by atoms with van der Waals surface area (Å²) in [7, 11) is 2.28. The number of methoxy groups -OCH3 is 1. The molecule has 1 heterocycles. The number of benzene rings is 2. The number of fused-ring (bicyclic) bond motifs is 1. The Morgan fingerprint density at radius 3 is 2.36 bits per heavy atom. The van der Waals surface area contributed by atoms with Crippen LogP contribution in [0.25, 0.3) is 10.9 Å². The van der Waals surface area contributed by atoms with Gasteiger partial charge in [-0.25, -0.2) is 4.79 Å². The SMILES string of the molecule is CCCc1c(Cl)c2ccccc2n1Cc1ccc(C(=O)OC)cc1.C[N+](=O)[O-]. The second kappa shape index (κ2) is 9.90. The summed E-state index contributed by atoms with van der Waals surface area (Å²) in [4.78, 5) is 19.9. The first-order valence-electron chi connectivity index (χ1n) is 8.89.